The summed E-state index contributed by atoms with van der Waals surface area (Å²) in [6, 6.07) is 3.11. The quantitative estimate of drug-likeness (QED) is 0.789. The number of likely N-dealkylation sites (tertiary alicyclic amines) is 1. The van der Waals surface area contributed by atoms with Crippen molar-refractivity contribution < 1.29 is 13.2 Å². The third-order valence-electron chi connectivity index (χ3n) is 3.66. The number of benzene rings is 1. The Kier molecular flexibility index (Phi) is 4.39. The average Bonchev–Trinajstić information content (AvgIpc) is 2.37. The van der Waals surface area contributed by atoms with Gasteiger partial charge in [-0.25, -0.2) is 8.42 Å². The lowest BCUT2D eigenvalue weighted by atomic mass is 10.0. The highest BCUT2D eigenvalue weighted by Crippen LogP contribution is 2.25. The number of halogens is 1. The zero-order valence-electron chi connectivity index (χ0n) is 11.6. The van der Waals surface area contributed by atoms with Crippen LogP contribution in [0.5, 0.6) is 0 Å². The monoisotopic (exact) mass is 315 g/mol. The lowest BCUT2D eigenvalue weighted by Gasteiger charge is -2.27. The lowest BCUT2D eigenvalue weighted by Crippen LogP contribution is -2.36. The minimum atomic E-state index is -3.84. The van der Waals surface area contributed by atoms with Crippen LogP contribution in [0.3, 0.4) is 0 Å². The van der Waals surface area contributed by atoms with Gasteiger partial charge in [-0.1, -0.05) is 6.07 Å². The molecule has 110 valence electrons. The van der Waals surface area contributed by atoms with Crippen LogP contribution in [0.1, 0.15) is 40.7 Å². The predicted octanol–water partition coefficient (Wildman–Crippen LogP) is 2.86. The van der Waals surface area contributed by atoms with Crippen LogP contribution in [-0.4, -0.2) is 32.3 Å². The van der Waals surface area contributed by atoms with E-state index in [4.69, 9.17) is 10.7 Å². The molecule has 0 radical (unpaired) electrons. The van der Waals surface area contributed by atoms with Crippen molar-refractivity contribution in [2.24, 2.45) is 0 Å². The summed E-state index contributed by atoms with van der Waals surface area (Å²) in [6.07, 6.45) is 3.13. The van der Waals surface area contributed by atoms with Crippen LogP contribution < -0.4 is 0 Å². The Morgan fingerprint density at radius 2 is 1.70 bits per heavy atom. The Bertz CT molecular complexity index is 634. The Morgan fingerprint density at radius 1 is 1.10 bits per heavy atom. The smallest absolute Gasteiger partial charge is 0.261 e. The van der Waals surface area contributed by atoms with E-state index in [1.165, 1.54) is 6.07 Å². The predicted molar refractivity (Wildman–Crippen MR) is 78.7 cm³/mol. The van der Waals surface area contributed by atoms with E-state index >= 15 is 0 Å². The number of rotatable bonds is 2. The molecule has 1 heterocycles. The molecule has 0 unspecified atom stereocenters. The summed E-state index contributed by atoms with van der Waals surface area (Å²) in [6.45, 7) is 4.95. The molecule has 1 aromatic carbocycles. The number of hydrogen-bond acceptors (Lipinski definition) is 3. The molecule has 1 aliphatic rings. The van der Waals surface area contributed by atoms with E-state index in [0.29, 0.717) is 11.1 Å². The number of hydrogen-bond donors (Lipinski definition) is 0. The molecule has 0 bridgehead atoms. The summed E-state index contributed by atoms with van der Waals surface area (Å²) in [4.78, 5) is 14.3. The first-order valence-electron chi connectivity index (χ1n) is 6.66. The van der Waals surface area contributed by atoms with Gasteiger partial charge in [-0.3, -0.25) is 4.79 Å². The Balaban J connectivity index is 2.43. The molecule has 1 aliphatic heterocycles. The van der Waals surface area contributed by atoms with Gasteiger partial charge < -0.3 is 4.90 Å². The van der Waals surface area contributed by atoms with Gasteiger partial charge in [0.05, 0.1) is 4.90 Å². The van der Waals surface area contributed by atoms with Crippen molar-refractivity contribution in [3.63, 3.8) is 0 Å². The number of carbonyl (C=O) groups is 1. The first-order chi connectivity index (χ1) is 9.30. The van der Waals surface area contributed by atoms with Gasteiger partial charge in [0, 0.05) is 29.3 Å². The molecule has 0 aromatic heterocycles. The first-order valence-corrected chi connectivity index (χ1v) is 8.97. The number of nitrogens with zero attached hydrogens (tertiary/aromatic N) is 1. The van der Waals surface area contributed by atoms with E-state index < -0.39 is 9.05 Å². The zero-order chi connectivity index (χ0) is 14.9. The topological polar surface area (TPSA) is 54.5 Å². The van der Waals surface area contributed by atoms with Crippen molar-refractivity contribution in [3.8, 4) is 0 Å². The third-order valence-corrected chi connectivity index (χ3v) is 5.12. The number of amides is 1. The van der Waals surface area contributed by atoms with Crippen molar-refractivity contribution in [2.75, 3.05) is 13.1 Å². The summed E-state index contributed by atoms with van der Waals surface area (Å²) in [5.74, 6) is -0.108. The van der Waals surface area contributed by atoms with Crippen LogP contribution in [0.4, 0.5) is 0 Å². The van der Waals surface area contributed by atoms with Crippen molar-refractivity contribution in [1.29, 1.82) is 0 Å². The molecule has 1 fully saturated rings. The normalized spacial score (nSPS) is 16.2. The maximum absolute atomic E-state index is 12.5. The zero-order valence-corrected chi connectivity index (χ0v) is 13.2. The van der Waals surface area contributed by atoms with Crippen molar-refractivity contribution in [1.82, 2.24) is 4.90 Å². The molecule has 2 rings (SSSR count). The van der Waals surface area contributed by atoms with Crippen LogP contribution in [-0.2, 0) is 9.05 Å². The van der Waals surface area contributed by atoms with Crippen LogP contribution >= 0.6 is 10.7 Å². The summed E-state index contributed by atoms with van der Waals surface area (Å²) >= 11 is 0. The lowest BCUT2D eigenvalue weighted by molar-refractivity contribution is 0.0723. The maximum atomic E-state index is 12.5. The molecular formula is C14H18ClNO3S. The Morgan fingerprint density at radius 3 is 2.25 bits per heavy atom. The molecule has 0 N–H and O–H groups in total. The molecule has 0 spiro atoms. The van der Waals surface area contributed by atoms with Gasteiger partial charge in [0.15, 0.2) is 0 Å². The molecule has 0 atom stereocenters. The van der Waals surface area contributed by atoms with Gasteiger partial charge in [-0.2, -0.15) is 0 Å². The molecule has 1 amide bonds. The molecule has 0 saturated carbocycles. The van der Waals surface area contributed by atoms with E-state index in [2.05, 4.69) is 0 Å². The van der Waals surface area contributed by atoms with Crippen molar-refractivity contribution >= 4 is 25.6 Å². The highest BCUT2D eigenvalue weighted by atomic mass is 35.7. The second-order valence-electron chi connectivity index (χ2n) is 5.22. The van der Waals surface area contributed by atoms with E-state index in [1.807, 2.05) is 6.92 Å². The molecule has 20 heavy (non-hydrogen) atoms. The second-order valence-corrected chi connectivity index (χ2v) is 7.76. The fourth-order valence-electron chi connectivity index (χ4n) is 2.59. The van der Waals surface area contributed by atoms with E-state index in [9.17, 15) is 13.2 Å². The van der Waals surface area contributed by atoms with Gasteiger partial charge in [0.2, 0.25) is 0 Å². The number of piperidine rings is 1. The summed E-state index contributed by atoms with van der Waals surface area (Å²) in [7, 11) is 1.59. The van der Waals surface area contributed by atoms with E-state index in [1.54, 1.807) is 17.9 Å². The van der Waals surface area contributed by atoms with Crippen molar-refractivity contribution in [3.05, 3.63) is 28.8 Å². The van der Waals surface area contributed by atoms with E-state index in [0.717, 1.165) is 37.9 Å². The number of aryl methyl sites for hydroxylation is 2. The highest BCUT2D eigenvalue weighted by Gasteiger charge is 2.23. The largest absolute Gasteiger partial charge is 0.339 e. The molecule has 1 aromatic rings. The molecule has 0 aliphatic carbocycles. The van der Waals surface area contributed by atoms with Crippen LogP contribution in [0.15, 0.2) is 17.0 Å². The van der Waals surface area contributed by atoms with E-state index in [-0.39, 0.29) is 10.8 Å². The Hall–Kier alpha value is -1.07. The molecule has 6 heteroatoms. The fraction of sp³-hybridized carbons (Fsp3) is 0.500. The van der Waals surface area contributed by atoms with Crippen LogP contribution in [0.2, 0.25) is 0 Å². The first kappa shape index (κ1) is 15.3. The summed E-state index contributed by atoms with van der Waals surface area (Å²) in [5, 5.41) is 0. The molecule has 1 saturated heterocycles. The summed E-state index contributed by atoms with van der Waals surface area (Å²) in [5.41, 5.74) is 1.77. The minimum Gasteiger partial charge on any atom is -0.339 e. The third kappa shape index (κ3) is 3.15. The molecule has 4 nitrogen and oxygen atoms in total. The standard InChI is InChI=1S/C14H18ClNO3S/c1-10-8-11(2)13(20(15,18)19)9-12(10)14(17)16-6-4-3-5-7-16/h8-9H,3-7H2,1-2H3. The Labute approximate surface area is 124 Å². The SMILES string of the molecule is Cc1cc(C)c(S(=O)(=O)Cl)cc1C(=O)N1CCCCC1. The van der Waals surface area contributed by atoms with Crippen LogP contribution in [0.25, 0.3) is 0 Å². The minimum absolute atomic E-state index is 0.0186. The number of carbonyl (C=O) groups excluding carboxylic acids is 1. The van der Waals surface area contributed by atoms with Gasteiger partial charge in [-0.15, -0.1) is 0 Å². The maximum Gasteiger partial charge on any atom is 0.261 e. The fourth-order valence-corrected chi connectivity index (χ4v) is 3.79. The second kappa shape index (κ2) is 5.74. The highest BCUT2D eigenvalue weighted by molar-refractivity contribution is 8.13. The van der Waals surface area contributed by atoms with Crippen LogP contribution in [0, 0.1) is 13.8 Å². The average molecular weight is 316 g/mol. The van der Waals surface area contributed by atoms with Gasteiger partial charge in [0.1, 0.15) is 0 Å². The molecular weight excluding hydrogens is 298 g/mol. The van der Waals surface area contributed by atoms with Gasteiger partial charge in [-0.05, 0) is 50.3 Å². The van der Waals surface area contributed by atoms with Crippen molar-refractivity contribution in [2.45, 2.75) is 38.0 Å². The van der Waals surface area contributed by atoms with Gasteiger partial charge >= 0.3 is 0 Å². The summed E-state index contributed by atoms with van der Waals surface area (Å²) < 4.78 is 23.1. The van der Waals surface area contributed by atoms with Gasteiger partial charge in [0.25, 0.3) is 15.0 Å².